The molecule has 0 bridgehead atoms. The molecule has 0 fully saturated rings. The third kappa shape index (κ3) is 4.94. The summed E-state index contributed by atoms with van der Waals surface area (Å²) in [6.07, 6.45) is 1.83. The Kier molecular flexibility index (Phi) is 7.31. The Morgan fingerprint density at radius 1 is 1.05 bits per heavy atom. The lowest BCUT2D eigenvalue weighted by Gasteiger charge is -2.26. The minimum atomic E-state index is -0.763. The molecule has 0 saturated heterocycles. The van der Waals surface area contributed by atoms with Crippen LogP contribution in [0.3, 0.4) is 0 Å². The van der Waals surface area contributed by atoms with Gasteiger partial charge in [-0.15, -0.1) is 0 Å². The summed E-state index contributed by atoms with van der Waals surface area (Å²) in [6.45, 7) is 1.79. The van der Waals surface area contributed by atoms with E-state index in [4.69, 9.17) is 14.5 Å². The van der Waals surface area contributed by atoms with E-state index in [9.17, 15) is 9.59 Å². The summed E-state index contributed by atoms with van der Waals surface area (Å²) in [6, 6.07) is 21.5. The second kappa shape index (κ2) is 10.8. The predicted molar refractivity (Wildman–Crippen MR) is 153 cm³/mol. The molecular weight excluding hydrogens is 566 g/mol. The van der Waals surface area contributed by atoms with Crippen LogP contribution < -0.4 is 29.7 Å². The highest BCUT2D eigenvalue weighted by molar-refractivity contribution is 9.10. The van der Waals surface area contributed by atoms with Gasteiger partial charge in [-0.2, -0.15) is 0 Å². The van der Waals surface area contributed by atoms with E-state index < -0.39 is 6.04 Å². The first-order valence-corrected chi connectivity index (χ1v) is 13.4. The van der Waals surface area contributed by atoms with Crippen LogP contribution in [-0.4, -0.2) is 24.7 Å². The first-order valence-electron chi connectivity index (χ1n) is 11.8. The molecule has 1 atom stereocenters. The highest BCUT2D eigenvalue weighted by Gasteiger charge is 2.34. The largest absolute Gasteiger partial charge is 0.497 e. The van der Waals surface area contributed by atoms with Crippen LogP contribution in [0, 0.1) is 0 Å². The van der Waals surface area contributed by atoms with Gasteiger partial charge in [0, 0.05) is 21.8 Å². The number of nitrogens with one attached hydrogen (secondary N) is 1. The Balaban J connectivity index is 1.72. The number of carbonyl (C=O) groups excluding carboxylic acids is 1. The standard InChI is InChI=1S/C29H24BrN3O4S/c1-17-25(27(34)32-20-10-5-4-6-11-20)26(22-13-12-21(36-2)16-23(22)37-3)33-28(35)24(38-29(33)31-17)15-18-8-7-9-19(30)14-18/h4-16,26H,1-3H3,(H,32,34)/b24-15-/t26-/m1/s1. The molecule has 4 aromatic rings. The zero-order valence-corrected chi connectivity index (χ0v) is 23.3. The second-order valence-electron chi connectivity index (χ2n) is 8.56. The first kappa shape index (κ1) is 25.7. The summed E-state index contributed by atoms with van der Waals surface area (Å²) in [5, 5.41) is 2.96. The Hall–Kier alpha value is -3.95. The highest BCUT2D eigenvalue weighted by atomic mass is 79.9. The molecule has 1 amide bonds. The molecule has 0 spiro atoms. The van der Waals surface area contributed by atoms with Gasteiger partial charge in [-0.05, 0) is 55.0 Å². The summed E-state index contributed by atoms with van der Waals surface area (Å²) in [4.78, 5) is 32.8. The second-order valence-corrected chi connectivity index (χ2v) is 10.5. The Morgan fingerprint density at radius 2 is 1.84 bits per heavy atom. The van der Waals surface area contributed by atoms with Crippen LogP contribution in [0.1, 0.15) is 24.1 Å². The molecule has 7 nitrogen and oxygen atoms in total. The van der Waals surface area contributed by atoms with E-state index >= 15 is 0 Å². The number of hydrogen-bond donors (Lipinski definition) is 1. The van der Waals surface area contributed by atoms with Crippen LogP contribution in [0.2, 0.25) is 0 Å². The molecule has 3 aromatic carbocycles. The van der Waals surface area contributed by atoms with E-state index in [-0.39, 0.29) is 11.5 Å². The fourth-order valence-electron chi connectivity index (χ4n) is 4.42. The molecule has 38 heavy (non-hydrogen) atoms. The number of allylic oxidation sites excluding steroid dienone is 1. The van der Waals surface area contributed by atoms with Gasteiger partial charge in [-0.1, -0.05) is 57.6 Å². The normalized spacial score (nSPS) is 15.1. The van der Waals surface area contributed by atoms with Crippen LogP contribution >= 0.6 is 27.3 Å². The number of amides is 1. The van der Waals surface area contributed by atoms with Crippen molar-refractivity contribution >= 4 is 44.9 Å². The van der Waals surface area contributed by atoms with Crippen molar-refractivity contribution in [2.75, 3.05) is 19.5 Å². The maximum atomic E-state index is 13.9. The van der Waals surface area contributed by atoms with Crippen LogP contribution in [0.4, 0.5) is 5.69 Å². The van der Waals surface area contributed by atoms with Crippen molar-refractivity contribution in [3.05, 3.63) is 119 Å². The third-order valence-electron chi connectivity index (χ3n) is 6.18. The maximum absolute atomic E-state index is 13.9. The smallest absolute Gasteiger partial charge is 0.271 e. The van der Waals surface area contributed by atoms with Crippen molar-refractivity contribution in [1.29, 1.82) is 0 Å². The van der Waals surface area contributed by atoms with Crippen LogP contribution in [0.5, 0.6) is 11.5 Å². The number of thiazole rings is 1. The summed E-state index contributed by atoms with van der Waals surface area (Å²) >= 11 is 4.77. The lowest BCUT2D eigenvalue weighted by Crippen LogP contribution is -2.40. The van der Waals surface area contributed by atoms with Crippen molar-refractivity contribution in [2.24, 2.45) is 4.99 Å². The Morgan fingerprint density at radius 3 is 2.55 bits per heavy atom. The summed E-state index contributed by atoms with van der Waals surface area (Å²) in [5.74, 6) is 0.751. The Bertz CT molecular complexity index is 1740. The summed E-state index contributed by atoms with van der Waals surface area (Å²) in [5.41, 5.74) is 2.81. The molecule has 5 rings (SSSR count). The van der Waals surface area contributed by atoms with Crippen molar-refractivity contribution in [3.8, 4) is 11.5 Å². The number of nitrogens with zero attached hydrogens (tertiary/aromatic N) is 2. The lowest BCUT2D eigenvalue weighted by molar-refractivity contribution is -0.113. The zero-order valence-electron chi connectivity index (χ0n) is 20.9. The van der Waals surface area contributed by atoms with Gasteiger partial charge in [0.15, 0.2) is 4.80 Å². The quantitative estimate of drug-likeness (QED) is 0.355. The predicted octanol–water partition coefficient (Wildman–Crippen LogP) is 4.65. The maximum Gasteiger partial charge on any atom is 0.271 e. The number of fused-ring (bicyclic) bond motifs is 1. The molecular formula is C29H24BrN3O4S. The molecule has 9 heteroatoms. The number of carbonyl (C=O) groups is 1. The number of rotatable bonds is 6. The molecule has 1 N–H and O–H groups in total. The van der Waals surface area contributed by atoms with Crippen LogP contribution in [0.25, 0.3) is 6.08 Å². The minimum Gasteiger partial charge on any atom is -0.497 e. The number of halogens is 1. The van der Waals surface area contributed by atoms with Gasteiger partial charge < -0.3 is 14.8 Å². The summed E-state index contributed by atoms with van der Waals surface area (Å²) in [7, 11) is 3.12. The molecule has 2 heterocycles. The number of hydrogen-bond acceptors (Lipinski definition) is 6. The topological polar surface area (TPSA) is 81.9 Å². The number of anilines is 1. The molecule has 1 aliphatic heterocycles. The van der Waals surface area contributed by atoms with E-state index in [1.807, 2.05) is 66.7 Å². The third-order valence-corrected chi connectivity index (χ3v) is 7.66. The number of para-hydroxylation sites is 1. The molecule has 192 valence electrons. The SMILES string of the molecule is COc1ccc([C@@H]2C(C(=O)Nc3ccccc3)=C(C)N=c3s/c(=C\c4cccc(Br)c4)c(=O)n32)c(OC)c1. The molecule has 0 unspecified atom stereocenters. The van der Waals surface area contributed by atoms with Crippen molar-refractivity contribution in [1.82, 2.24) is 4.57 Å². The van der Waals surface area contributed by atoms with Crippen LogP contribution in [0.15, 0.2) is 98.3 Å². The minimum absolute atomic E-state index is 0.242. The highest BCUT2D eigenvalue weighted by Crippen LogP contribution is 2.37. The molecule has 1 aliphatic rings. The molecule has 0 radical (unpaired) electrons. The van der Waals surface area contributed by atoms with Crippen molar-refractivity contribution in [2.45, 2.75) is 13.0 Å². The molecule has 0 aliphatic carbocycles. The number of benzene rings is 3. The van der Waals surface area contributed by atoms with E-state index in [0.29, 0.717) is 43.4 Å². The molecule has 0 saturated carbocycles. The fourth-order valence-corrected chi connectivity index (χ4v) is 5.88. The monoisotopic (exact) mass is 589 g/mol. The van der Waals surface area contributed by atoms with Gasteiger partial charge in [-0.25, -0.2) is 4.99 Å². The lowest BCUT2D eigenvalue weighted by atomic mass is 9.94. The molecule has 1 aromatic heterocycles. The zero-order chi connectivity index (χ0) is 26.8. The van der Waals surface area contributed by atoms with E-state index in [0.717, 1.165) is 10.0 Å². The summed E-state index contributed by atoms with van der Waals surface area (Å²) < 4.78 is 14.1. The van der Waals surface area contributed by atoms with Crippen LogP contribution in [-0.2, 0) is 4.79 Å². The number of aromatic nitrogens is 1. The number of methoxy groups -OCH3 is 2. The van der Waals surface area contributed by atoms with E-state index in [1.54, 1.807) is 37.8 Å². The first-order chi connectivity index (χ1) is 18.4. The van der Waals surface area contributed by atoms with Gasteiger partial charge in [0.1, 0.15) is 17.5 Å². The van der Waals surface area contributed by atoms with E-state index in [2.05, 4.69) is 21.2 Å². The van der Waals surface area contributed by atoms with Gasteiger partial charge in [-0.3, -0.25) is 14.2 Å². The average molecular weight is 590 g/mol. The van der Waals surface area contributed by atoms with Gasteiger partial charge in [0.2, 0.25) is 0 Å². The fraction of sp³-hybridized carbons (Fsp3) is 0.138. The van der Waals surface area contributed by atoms with Gasteiger partial charge in [0.25, 0.3) is 11.5 Å². The van der Waals surface area contributed by atoms with Crippen molar-refractivity contribution in [3.63, 3.8) is 0 Å². The van der Waals surface area contributed by atoms with Gasteiger partial charge in [0.05, 0.1) is 30.0 Å². The Labute approximate surface area is 231 Å². The van der Waals surface area contributed by atoms with Gasteiger partial charge >= 0.3 is 0 Å². The van der Waals surface area contributed by atoms with Crippen molar-refractivity contribution < 1.29 is 14.3 Å². The number of ether oxygens (including phenoxy) is 2. The van der Waals surface area contributed by atoms with E-state index in [1.165, 1.54) is 11.3 Å². The average Bonchev–Trinajstić information content (AvgIpc) is 3.22.